The number of nitrogens with zero attached hydrogens (tertiary/aromatic N) is 7. The van der Waals surface area contributed by atoms with Gasteiger partial charge in [-0.25, -0.2) is 14.6 Å². The molecule has 9 nitrogen and oxygen atoms in total. The van der Waals surface area contributed by atoms with E-state index in [0.29, 0.717) is 24.4 Å². The number of aromatic nitrogens is 6. The first-order valence-electron chi connectivity index (χ1n) is 12.4. The van der Waals surface area contributed by atoms with Crippen LogP contribution in [0.3, 0.4) is 0 Å². The number of aliphatic imine (C=N–C) groups is 1. The molecule has 4 heterocycles. The largest absolute Gasteiger partial charge is 0.353 e. The van der Waals surface area contributed by atoms with Crippen molar-refractivity contribution in [2.75, 3.05) is 20.3 Å². The van der Waals surface area contributed by atoms with Gasteiger partial charge in [-0.2, -0.15) is 0 Å². The van der Waals surface area contributed by atoms with E-state index in [-0.39, 0.29) is 12.2 Å². The average Bonchev–Trinajstić information content (AvgIpc) is 3.30. The van der Waals surface area contributed by atoms with Gasteiger partial charge in [0.2, 0.25) is 5.65 Å². The Labute approximate surface area is 204 Å². The molecule has 182 valence electrons. The summed E-state index contributed by atoms with van der Waals surface area (Å²) in [4.78, 5) is 18.1. The average molecular weight is 474 g/mol. The number of rotatable bonds is 10. The predicted octanol–water partition coefficient (Wildman–Crippen LogP) is 4.32. The fourth-order valence-corrected chi connectivity index (χ4v) is 4.45. The highest BCUT2D eigenvalue weighted by molar-refractivity contribution is 5.79. The Hall–Kier alpha value is -3.30. The summed E-state index contributed by atoms with van der Waals surface area (Å²) in [5.74, 6) is 0.0814. The minimum atomic E-state index is -0.0309. The number of benzene rings is 1. The van der Waals surface area contributed by atoms with Crippen LogP contribution in [0.4, 0.5) is 0 Å². The number of hydrogen-bond donors (Lipinski definition) is 0. The molecule has 0 amide bonds. The summed E-state index contributed by atoms with van der Waals surface area (Å²) in [5.41, 5.74) is 4.19. The smallest absolute Gasteiger partial charge is 0.221 e. The maximum absolute atomic E-state index is 5.87. The van der Waals surface area contributed by atoms with Crippen molar-refractivity contribution in [3.8, 4) is 0 Å². The van der Waals surface area contributed by atoms with Gasteiger partial charge in [0.15, 0.2) is 11.9 Å². The first kappa shape index (κ1) is 23.4. The monoisotopic (exact) mass is 473 g/mol. The zero-order valence-corrected chi connectivity index (χ0v) is 20.1. The summed E-state index contributed by atoms with van der Waals surface area (Å²) in [6, 6.07) is 10.2. The normalized spacial score (nSPS) is 17.5. The second-order valence-electron chi connectivity index (χ2n) is 8.90. The van der Waals surface area contributed by atoms with Gasteiger partial charge in [0.05, 0.1) is 24.0 Å². The van der Waals surface area contributed by atoms with E-state index < -0.39 is 0 Å². The van der Waals surface area contributed by atoms with Crippen molar-refractivity contribution in [2.24, 2.45) is 4.99 Å². The summed E-state index contributed by atoms with van der Waals surface area (Å²) in [7, 11) is 1.79. The molecule has 0 aliphatic carbocycles. The molecule has 1 fully saturated rings. The van der Waals surface area contributed by atoms with Crippen LogP contribution in [-0.4, -0.2) is 62.7 Å². The van der Waals surface area contributed by atoms with E-state index in [0.717, 1.165) is 60.9 Å². The van der Waals surface area contributed by atoms with E-state index in [1.807, 2.05) is 23.0 Å². The molecule has 1 aliphatic heterocycles. The lowest BCUT2D eigenvalue weighted by Crippen LogP contribution is -2.22. The quantitative estimate of drug-likeness (QED) is 0.250. The van der Waals surface area contributed by atoms with Crippen LogP contribution in [0.5, 0.6) is 0 Å². The van der Waals surface area contributed by atoms with Crippen molar-refractivity contribution in [1.82, 2.24) is 29.9 Å². The molecule has 3 aromatic heterocycles. The molecule has 35 heavy (non-hydrogen) atoms. The van der Waals surface area contributed by atoms with Crippen LogP contribution in [0, 0.1) is 0 Å². The third kappa shape index (κ3) is 5.86. The first-order valence-corrected chi connectivity index (χ1v) is 12.4. The lowest BCUT2D eigenvalue weighted by molar-refractivity contribution is -0.162. The lowest BCUT2D eigenvalue weighted by atomic mass is 10.00. The lowest BCUT2D eigenvalue weighted by Gasteiger charge is -2.22. The van der Waals surface area contributed by atoms with E-state index in [4.69, 9.17) is 14.5 Å². The Bertz CT molecular complexity index is 1280. The highest BCUT2D eigenvalue weighted by atomic mass is 16.7. The van der Waals surface area contributed by atoms with Gasteiger partial charge < -0.3 is 14.5 Å². The van der Waals surface area contributed by atoms with Crippen molar-refractivity contribution >= 4 is 28.4 Å². The number of fused-ring (bicyclic) bond motifs is 2. The van der Waals surface area contributed by atoms with Gasteiger partial charge in [-0.3, -0.25) is 4.98 Å². The van der Waals surface area contributed by atoms with Crippen LogP contribution in [0.25, 0.3) is 22.2 Å². The van der Waals surface area contributed by atoms with Crippen molar-refractivity contribution in [3.05, 3.63) is 54.0 Å². The molecule has 9 heteroatoms. The molecule has 4 aromatic rings. The van der Waals surface area contributed by atoms with Crippen molar-refractivity contribution in [1.29, 1.82) is 0 Å². The predicted molar refractivity (Wildman–Crippen MR) is 135 cm³/mol. The van der Waals surface area contributed by atoms with Crippen LogP contribution in [0.15, 0.2) is 47.7 Å². The molecule has 0 spiro atoms. The van der Waals surface area contributed by atoms with E-state index in [9.17, 15) is 0 Å². The Kier molecular flexibility index (Phi) is 7.65. The summed E-state index contributed by atoms with van der Waals surface area (Å²) in [6.45, 7) is 2.08. The zero-order chi connectivity index (χ0) is 23.9. The van der Waals surface area contributed by atoms with Crippen LogP contribution in [-0.2, 0) is 16.0 Å². The summed E-state index contributed by atoms with van der Waals surface area (Å²) in [6.07, 6.45) is 11.7. The van der Waals surface area contributed by atoms with Crippen molar-refractivity contribution in [2.45, 2.75) is 57.3 Å². The number of unbranched alkanes of at least 4 members (excludes halogenated alkanes) is 1. The molecule has 2 unspecified atom stereocenters. The van der Waals surface area contributed by atoms with Crippen molar-refractivity contribution in [3.63, 3.8) is 0 Å². The fraction of sp³-hybridized carbons (Fsp3) is 0.462. The molecular formula is C26H31N7O2. The minimum Gasteiger partial charge on any atom is -0.353 e. The van der Waals surface area contributed by atoms with Gasteiger partial charge in [0.1, 0.15) is 0 Å². The van der Waals surface area contributed by atoms with Gasteiger partial charge in [-0.05, 0) is 55.9 Å². The second kappa shape index (κ2) is 11.4. The van der Waals surface area contributed by atoms with Crippen LogP contribution in [0.2, 0.25) is 0 Å². The topological polar surface area (TPSA) is 100 Å². The Morgan fingerprint density at radius 1 is 1.23 bits per heavy atom. The van der Waals surface area contributed by atoms with Crippen LogP contribution < -0.4 is 0 Å². The summed E-state index contributed by atoms with van der Waals surface area (Å²) in [5, 5.41) is 9.63. The Morgan fingerprint density at radius 3 is 3.09 bits per heavy atom. The van der Waals surface area contributed by atoms with Crippen molar-refractivity contribution < 1.29 is 9.47 Å². The third-order valence-corrected chi connectivity index (χ3v) is 6.31. The molecule has 0 radical (unpaired) electrons. The number of hydrogen-bond acceptors (Lipinski definition) is 8. The highest BCUT2D eigenvalue weighted by Gasteiger charge is 2.17. The number of ether oxygens (including phenoxy) is 2. The van der Waals surface area contributed by atoms with Gasteiger partial charge >= 0.3 is 0 Å². The Morgan fingerprint density at radius 2 is 2.20 bits per heavy atom. The zero-order valence-electron chi connectivity index (χ0n) is 20.1. The van der Waals surface area contributed by atoms with E-state index in [1.165, 1.54) is 6.42 Å². The Balaban J connectivity index is 1.25. The molecule has 2 atom stereocenters. The van der Waals surface area contributed by atoms with Gasteiger partial charge in [0.25, 0.3) is 0 Å². The number of pyridine rings is 1. The molecule has 0 bridgehead atoms. The van der Waals surface area contributed by atoms with Crippen LogP contribution >= 0.6 is 0 Å². The molecule has 0 N–H and O–H groups in total. The molecule has 5 rings (SSSR count). The maximum atomic E-state index is 5.87. The standard InChI is InChI=1S/C26H31N7O2/c1-27-16-21(7-2-4-13-34-24-9-3-5-14-35-24)23-17-29-25-26(30-23)33(32-31-25)18-19-10-11-22-20(15-19)8-6-12-28-22/h6,8,10-12,15-17,21,24H,2-5,7,9,13-14,18H2,1H3/b27-16-. The minimum absolute atomic E-state index is 0.0309. The highest BCUT2D eigenvalue weighted by Crippen LogP contribution is 2.21. The molecular weight excluding hydrogens is 442 g/mol. The van der Waals surface area contributed by atoms with Gasteiger partial charge in [0, 0.05) is 44.0 Å². The third-order valence-electron chi connectivity index (χ3n) is 6.31. The SMILES string of the molecule is C/N=C\C(CCCCOC1CCCCO1)c1cnc2nnn(Cc3ccc4ncccc4c3)c2n1. The first-order chi connectivity index (χ1) is 17.3. The van der Waals surface area contributed by atoms with Crippen LogP contribution in [0.1, 0.15) is 55.7 Å². The fourth-order valence-electron chi connectivity index (χ4n) is 4.45. The summed E-state index contributed by atoms with van der Waals surface area (Å²) < 4.78 is 13.3. The summed E-state index contributed by atoms with van der Waals surface area (Å²) >= 11 is 0. The van der Waals surface area contributed by atoms with Gasteiger partial charge in [-0.1, -0.05) is 23.8 Å². The van der Waals surface area contributed by atoms with Gasteiger partial charge in [-0.15, -0.1) is 5.10 Å². The second-order valence-corrected chi connectivity index (χ2v) is 8.90. The molecule has 1 aromatic carbocycles. The van der Waals surface area contributed by atoms with E-state index in [1.54, 1.807) is 19.4 Å². The molecule has 0 saturated carbocycles. The molecule has 1 saturated heterocycles. The molecule has 1 aliphatic rings. The van der Waals surface area contributed by atoms with E-state index in [2.05, 4.69) is 43.5 Å². The van der Waals surface area contributed by atoms with E-state index >= 15 is 0 Å². The maximum Gasteiger partial charge on any atom is 0.221 e.